The number of aromatic nitrogens is 1. The number of fused-ring (bicyclic) bond motifs is 3. The number of hydrogen-bond acceptors (Lipinski definition) is 4. The van der Waals surface area contributed by atoms with E-state index in [0.29, 0.717) is 0 Å². The Labute approximate surface area is 146 Å². The van der Waals surface area contributed by atoms with Crippen molar-refractivity contribution in [2.45, 2.75) is 13.0 Å². The van der Waals surface area contributed by atoms with Crippen LogP contribution in [0.5, 0.6) is 0 Å². The van der Waals surface area contributed by atoms with Crippen molar-refractivity contribution < 1.29 is 0 Å². The van der Waals surface area contributed by atoms with Crippen LogP contribution in [0.1, 0.15) is 6.92 Å². The fourth-order valence-corrected chi connectivity index (χ4v) is 3.50. The molecule has 0 aliphatic carbocycles. The van der Waals surface area contributed by atoms with Crippen molar-refractivity contribution in [3.05, 3.63) is 45.9 Å². The molecule has 1 unspecified atom stereocenters. The number of benzene rings is 1. The molecule has 4 rings (SSSR count). The van der Waals surface area contributed by atoms with E-state index >= 15 is 0 Å². The zero-order valence-corrected chi connectivity index (χ0v) is 14.8. The van der Waals surface area contributed by atoms with E-state index in [1.165, 1.54) is 0 Å². The highest BCUT2D eigenvalue weighted by Crippen LogP contribution is 2.19. The predicted molar refractivity (Wildman–Crippen MR) is 100 cm³/mol. The maximum atomic E-state index is 6.22. The molecular formula is C19H21ClN4. The molecule has 124 valence electrons. The lowest BCUT2D eigenvalue weighted by Crippen LogP contribution is -2.48. The Morgan fingerprint density at radius 3 is 2.71 bits per heavy atom. The van der Waals surface area contributed by atoms with Crippen molar-refractivity contribution in [1.29, 1.82) is 0 Å². The van der Waals surface area contributed by atoms with E-state index < -0.39 is 0 Å². The highest BCUT2D eigenvalue weighted by molar-refractivity contribution is 6.31. The van der Waals surface area contributed by atoms with Gasteiger partial charge in [-0.25, -0.2) is 4.98 Å². The average Bonchev–Trinajstić information content (AvgIpc) is 2.57. The van der Waals surface area contributed by atoms with E-state index in [4.69, 9.17) is 21.6 Å². The smallest absolute Gasteiger partial charge is 0.155 e. The first-order valence-electron chi connectivity index (χ1n) is 8.34. The van der Waals surface area contributed by atoms with Crippen molar-refractivity contribution in [2.75, 3.05) is 38.1 Å². The first-order valence-corrected chi connectivity index (χ1v) is 8.72. The maximum absolute atomic E-state index is 6.22. The molecule has 0 N–H and O–H groups in total. The van der Waals surface area contributed by atoms with E-state index in [-0.39, 0.29) is 6.04 Å². The molecule has 0 spiro atoms. The molecule has 1 aromatic heterocycles. The molecule has 24 heavy (non-hydrogen) atoms. The summed E-state index contributed by atoms with van der Waals surface area (Å²) < 4.78 is 0. The second kappa shape index (κ2) is 5.87. The van der Waals surface area contributed by atoms with Crippen molar-refractivity contribution >= 4 is 34.4 Å². The van der Waals surface area contributed by atoms with Gasteiger partial charge in [0, 0.05) is 41.8 Å². The van der Waals surface area contributed by atoms with Gasteiger partial charge in [0.2, 0.25) is 0 Å². The minimum absolute atomic E-state index is 0.0853. The van der Waals surface area contributed by atoms with E-state index in [2.05, 4.69) is 36.4 Å². The Morgan fingerprint density at radius 2 is 1.96 bits per heavy atom. The first-order chi connectivity index (χ1) is 11.5. The van der Waals surface area contributed by atoms with Crippen LogP contribution in [0.2, 0.25) is 5.02 Å². The summed E-state index contributed by atoms with van der Waals surface area (Å²) in [7, 11) is 2.16. The van der Waals surface area contributed by atoms with Gasteiger partial charge in [-0.15, -0.1) is 0 Å². The Hall–Kier alpha value is -1.91. The zero-order chi connectivity index (χ0) is 16.8. The standard InChI is InChI=1S/C19H21ClN4/c1-12-10-16-15-11-14(20)4-5-17(15)22-19(18(16)21-13(12)2)24-8-6-23(3)7-9-24/h4-5,10-11,13H,1,6-9H2,2-3H3. The van der Waals surface area contributed by atoms with Crippen LogP contribution in [0.25, 0.3) is 17.0 Å². The van der Waals surface area contributed by atoms with Crippen LogP contribution < -0.4 is 15.5 Å². The average molecular weight is 341 g/mol. The van der Waals surface area contributed by atoms with Crippen molar-refractivity contribution in [3.8, 4) is 0 Å². The van der Waals surface area contributed by atoms with Crippen LogP contribution in [0.15, 0.2) is 35.3 Å². The summed E-state index contributed by atoms with van der Waals surface area (Å²) in [4.78, 5) is 14.5. The SMILES string of the molecule is C=C1C=c2c(c(N3CCN(C)CC3)nc3ccc(Cl)cc23)=NC1C. The van der Waals surface area contributed by atoms with Crippen LogP contribution in [-0.4, -0.2) is 49.2 Å². The largest absolute Gasteiger partial charge is 0.352 e. The summed E-state index contributed by atoms with van der Waals surface area (Å²) in [6, 6.07) is 5.95. The molecule has 5 heteroatoms. The van der Waals surface area contributed by atoms with E-state index in [1.54, 1.807) is 0 Å². The summed E-state index contributed by atoms with van der Waals surface area (Å²) in [6.45, 7) is 10.3. The highest BCUT2D eigenvalue weighted by atomic mass is 35.5. The van der Waals surface area contributed by atoms with Crippen molar-refractivity contribution in [2.24, 2.45) is 4.99 Å². The summed E-state index contributed by atoms with van der Waals surface area (Å²) in [5.41, 5.74) is 1.99. The fraction of sp³-hybridized carbons (Fsp3) is 0.368. The number of nitrogens with zero attached hydrogens (tertiary/aromatic N) is 4. The van der Waals surface area contributed by atoms with Gasteiger partial charge in [-0.05, 0) is 43.8 Å². The topological polar surface area (TPSA) is 31.7 Å². The number of rotatable bonds is 1. The molecule has 1 fully saturated rings. The lowest BCUT2D eigenvalue weighted by atomic mass is 10.0. The summed E-state index contributed by atoms with van der Waals surface area (Å²) in [6.07, 6.45) is 2.15. The number of pyridine rings is 1. The van der Waals surface area contributed by atoms with Crippen LogP contribution in [0, 0.1) is 0 Å². The molecule has 0 saturated carbocycles. The number of halogens is 1. The van der Waals surface area contributed by atoms with Crippen molar-refractivity contribution in [1.82, 2.24) is 9.88 Å². The Bertz CT molecular complexity index is 942. The number of anilines is 1. The summed E-state index contributed by atoms with van der Waals surface area (Å²) >= 11 is 6.22. The number of hydrogen-bond donors (Lipinski definition) is 0. The minimum Gasteiger partial charge on any atom is -0.352 e. The second-order valence-electron chi connectivity index (χ2n) is 6.67. The molecule has 3 heterocycles. The number of likely N-dealkylation sites (N-methyl/N-ethyl adjacent to an activating group) is 1. The molecule has 2 aliphatic heterocycles. The molecule has 1 saturated heterocycles. The summed E-state index contributed by atoms with van der Waals surface area (Å²) in [5, 5.41) is 3.84. The van der Waals surface area contributed by atoms with Gasteiger partial charge >= 0.3 is 0 Å². The van der Waals surface area contributed by atoms with Crippen molar-refractivity contribution in [3.63, 3.8) is 0 Å². The van der Waals surface area contributed by atoms with Gasteiger partial charge in [-0.2, -0.15) is 0 Å². The van der Waals surface area contributed by atoms with Crippen LogP contribution in [-0.2, 0) is 0 Å². The quantitative estimate of drug-likeness (QED) is 0.795. The number of piperazine rings is 1. The molecule has 1 aromatic carbocycles. The van der Waals surface area contributed by atoms with Gasteiger partial charge in [-0.1, -0.05) is 18.2 Å². The normalized spacial score (nSPS) is 21.4. The summed E-state index contributed by atoms with van der Waals surface area (Å²) in [5.74, 6) is 0.989. The second-order valence-corrected chi connectivity index (χ2v) is 7.11. The molecule has 1 atom stereocenters. The van der Waals surface area contributed by atoms with Crippen LogP contribution in [0.3, 0.4) is 0 Å². The lowest BCUT2D eigenvalue weighted by molar-refractivity contribution is 0.312. The fourth-order valence-electron chi connectivity index (χ4n) is 3.33. The third-order valence-electron chi connectivity index (χ3n) is 4.93. The molecule has 0 radical (unpaired) electrons. The molecule has 2 aromatic rings. The lowest BCUT2D eigenvalue weighted by Gasteiger charge is -2.33. The Balaban J connectivity index is 2.00. The van der Waals surface area contributed by atoms with E-state index in [1.807, 2.05) is 18.2 Å². The van der Waals surface area contributed by atoms with Crippen LogP contribution >= 0.6 is 11.6 Å². The Morgan fingerprint density at radius 1 is 1.21 bits per heavy atom. The minimum atomic E-state index is 0.0853. The Kier molecular flexibility index (Phi) is 3.82. The molecule has 4 nitrogen and oxygen atoms in total. The molecular weight excluding hydrogens is 320 g/mol. The maximum Gasteiger partial charge on any atom is 0.155 e. The van der Waals surface area contributed by atoms with Gasteiger partial charge in [0.1, 0.15) is 5.36 Å². The van der Waals surface area contributed by atoms with Gasteiger partial charge in [-0.3, -0.25) is 4.99 Å². The van der Waals surface area contributed by atoms with Gasteiger partial charge < -0.3 is 9.80 Å². The zero-order valence-electron chi connectivity index (χ0n) is 14.1. The molecule has 0 bridgehead atoms. The third kappa shape index (κ3) is 2.60. The predicted octanol–water partition coefficient (Wildman–Crippen LogP) is 2.00. The van der Waals surface area contributed by atoms with E-state index in [9.17, 15) is 0 Å². The third-order valence-corrected chi connectivity index (χ3v) is 5.17. The van der Waals surface area contributed by atoms with Gasteiger partial charge in [0.15, 0.2) is 5.82 Å². The van der Waals surface area contributed by atoms with E-state index in [0.717, 1.165) is 64.1 Å². The monoisotopic (exact) mass is 340 g/mol. The van der Waals surface area contributed by atoms with Gasteiger partial charge in [0.25, 0.3) is 0 Å². The van der Waals surface area contributed by atoms with Crippen LogP contribution in [0.4, 0.5) is 5.82 Å². The highest BCUT2D eigenvalue weighted by Gasteiger charge is 2.21. The molecule has 0 amide bonds. The van der Waals surface area contributed by atoms with Gasteiger partial charge in [0.05, 0.1) is 11.6 Å². The first kappa shape index (κ1) is 15.6. The molecule has 2 aliphatic rings.